The van der Waals surface area contributed by atoms with Gasteiger partial charge in [-0.05, 0) is 89.2 Å². The van der Waals surface area contributed by atoms with Crippen molar-refractivity contribution in [2.75, 3.05) is 7.11 Å². The molecule has 0 aliphatic carbocycles. The predicted octanol–water partition coefficient (Wildman–Crippen LogP) is 8.33. The normalized spacial score (nSPS) is 12.3. The van der Waals surface area contributed by atoms with Gasteiger partial charge in [-0.1, -0.05) is 71.0 Å². The summed E-state index contributed by atoms with van der Waals surface area (Å²) in [4.78, 5) is 0.425. The van der Waals surface area contributed by atoms with Crippen molar-refractivity contribution in [1.29, 1.82) is 0 Å². The first-order valence-corrected chi connectivity index (χ1v) is 14.3. The van der Waals surface area contributed by atoms with Crippen LogP contribution in [0.2, 0.25) is 0 Å². The van der Waals surface area contributed by atoms with E-state index in [9.17, 15) is 8.42 Å². The third-order valence-corrected chi connectivity index (χ3v) is 9.37. The van der Waals surface area contributed by atoms with Gasteiger partial charge < -0.3 is 9.47 Å². The van der Waals surface area contributed by atoms with E-state index in [1.54, 1.807) is 55.6 Å². The fourth-order valence-corrected chi connectivity index (χ4v) is 5.62. The molecule has 4 nitrogen and oxygen atoms in total. The second-order valence-electron chi connectivity index (χ2n) is 10.7. The summed E-state index contributed by atoms with van der Waals surface area (Å²) in [6.45, 7) is 11.2. The maximum absolute atomic E-state index is 13.0. The van der Waals surface area contributed by atoms with E-state index in [1.807, 2.05) is 12.1 Å². The van der Waals surface area contributed by atoms with Crippen molar-refractivity contribution in [2.24, 2.45) is 0 Å². The molecular formula is C33H36O4S. The molecule has 0 saturated heterocycles. The van der Waals surface area contributed by atoms with Gasteiger partial charge in [-0.25, -0.2) is 8.42 Å². The lowest BCUT2D eigenvalue weighted by molar-refractivity contribution is 0.414. The second kappa shape index (κ2) is 10.7. The largest absolute Gasteiger partial charge is 0.497 e. The maximum atomic E-state index is 13.0. The van der Waals surface area contributed by atoms with Gasteiger partial charge in [0.2, 0.25) is 9.84 Å². The van der Waals surface area contributed by atoms with Gasteiger partial charge >= 0.3 is 0 Å². The molecule has 0 unspecified atom stereocenters. The summed E-state index contributed by atoms with van der Waals surface area (Å²) in [7, 11) is -2.08. The highest BCUT2D eigenvalue weighted by molar-refractivity contribution is 7.91. The van der Waals surface area contributed by atoms with Crippen LogP contribution in [0.3, 0.4) is 0 Å². The molecule has 0 heterocycles. The first kappa shape index (κ1) is 27.5. The Kier molecular flexibility index (Phi) is 7.70. The molecule has 4 rings (SSSR count). The Morgan fingerprint density at radius 2 is 0.947 bits per heavy atom. The van der Waals surface area contributed by atoms with E-state index in [0.717, 1.165) is 6.42 Å². The molecule has 198 valence electrons. The van der Waals surface area contributed by atoms with E-state index in [-0.39, 0.29) is 20.6 Å². The van der Waals surface area contributed by atoms with Crippen molar-refractivity contribution in [3.05, 3.63) is 114 Å². The predicted molar refractivity (Wildman–Crippen MR) is 153 cm³/mol. The Morgan fingerprint density at radius 3 is 1.37 bits per heavy atom. The summed E-state index contributed by atoms with van der Waals surface area (Å²) >= 11 is 0. The van der Waals surface area contributed by atoms with Gasteiger partial charge in [0.25, 0.3) is 0 Å². The lowest BCUT2D eigenvalue weighted by atomic mass is 9.76. The van der Waals surface area contributed by atoms with Gasteiger partial charge in [-0.2, -0.15) is 0 Å². The monoisotopic (exact) mass is 528 g/mol. The number of benzene rings is 4. The highest BCUT2D eigenvalue weighted by Gasteiger charge is 2.25. The second-order valence-corrected chi connectivity index (χ2v) is 12.7. The minimum absolute atomic E-state index is 0.162. The topological polar surface area (TPSA) is 52.6 Å². The molecule has 0 aromatic heterocycles. The van der Waals surface area contributed by atoms with E-state index < -0.39 is 9.84 Å². The van der Waals surface area contributed by atoms with Gasteiger partial charge in [0, 0.05) is 5.41 Å². The van der Waals surface area contributed by atoms with Crippen LogP contribution in [0.1, 0.15) is 57.7 Å². The minimum Gasteiger partial charge on any atom is -0.497 e. The zero-order valence-corrected chi connectivity index (χ0v) is 23.8. The molecule has 0 radical (unpaired) electrons. The van der Waals surface area contributed by atoms with Crippen LogP contribution < -0.4 is 9.47 Å². The van der Waals surface area contributed by atoms with Crippen LogP contribution in [-0.4, -0.2) is 15.5 Å². The van der Waals surface area contributed by atoms with Crippen LogP contribution >= 0.6 is 0 Å². The summed E-state index contributed by atoms with van der Waals surface area (Å²) in [5, 5.41) is 0. The standard InChI is InChI=1S/C33H36O4S/c1-7-32(2,3)24-8-10-25(11-9-24)33(4,5)26-12-14-28(15-13-26)37-29-18-22-31(23-19-29)38(34,35)30-20-16-27(36-6)17-21-30/h8-23H,7H2,1-6H3. The molecule has 4 aromatic rings. The average molecular weight is 529 g/mol. The first-order chi connectivity index (χ1) is 18.0. The Labute approximate surface area is 227 Å². The number of sulfone groups is 1. The SMILES string of the molecule is CCC(C)(C)c1ccc(C(C)(C)c2ccc(Oc3ccc(S(=O)(=O)c4ccc(OC)cc4)cc3)cc2)cc1. The highest BCUT2D eigenvalue weighted by atomic mass is 32.2. The van der Waals surface area contributed by atoms with E-state index in [2.05, 4.69) is 71.0 Å². The van der Waals surface area contributed by atoms with Crippen molar-refractivity contribution < 1.29 is 17.9 Å². The fraction of sp³-hybridized carbons (Fsp3) is 0.273. The Hall–Kier alpha value is -3.57. The smallest absolute Gasteiger partial charge is 0.206 e. The number of rotatable bonds is 9. The molecule has 0 amide bonds. The molecule has 0 fully saturated rings. The van der Waals surface area contributed by atoms with E-state index in [4.69, 9.17) is 9.47 Å². The van der Waals surface area contributed by atoms with Crippen molar-refractivity contribution in [2.45, 2.75) is 61.7 Å². The molecule has 0 atom stereocenters. The summed E-state index contributed by atoms with van der Waals surface area (Å²) in [6, 6.07) is 29.9. The summed E-state index contributed by atoms with van der Waals surface area (Å²) in [6.07, 6.45) is 1.10. The van der Waals surface area contributed by atoms with Crippen LogP contribution in [0, 0.1) is 0 Å². The molecule has 0 aliphatic rings. The highest BCUT2D eigenvalue weighted by Crippen LogP contribution is 2.35. The zero-order valence-electron chi connectivity index (χ0n) is 23.0. The van der Waals surface area contributed by atoms with Gasteiger partial charge in [0.1, 0.15) is 17.2 Å². The van der Waals surface area contributed by atoms with E-state index >= 15 is 0 Å². The molecule has 0 N–H and O–H groups in total. The molecule has 0 aliphatic heterocycles. The van der Waals surface area contributed by atoms with Gasteiger partial charge in [-0.3, -0.25) is 0 Å². The molecule has 0 spiro atoms. The van der Waals surface area contributed by atoms with Gasteiger partial charge in [-0.15, -0.1) is 0 Å². The van der Waals surface area contributed by atoms with Crippen molar-refractivity contribution in [1.82, 2.24) is 0 Å². The molecule has 5 heteroatoms. The molecule has 0 saturated carbocycles. The molecule has 4 aromatic carbocycles. The molecular weight excluding hydrogens is 492 g/mol. The van der Waals surface area contributed by atoms with Crippen LogP contribution in [0.5, 0.6) is 17.2 Å². The van der Waals surface area contributed by atoms with Crippen LogP contribution in [0.15, 0.2) is 107 Å². The average Bonchev–Trinajstić information content (AvgIpc) is 2.93. The Morgan fingerprint density at radius 1 is 0.579 bits per heavy atom. The lowest BCUT2D eigenvalue weighted by Gasteiger charge is -2.28. The quantitative estimate of drug-likeness (QED) is 0.219. The van der Waals surface area contributed by atoms with Gasteiger partial charge in [0.15, 0.2) is 0 Å². The van der Waals surface area contributed by atoms with Crippen molar-refractivity contribution >= 4 is 9.84 Å². The summed E-state index contributed by atoms with van der Waals surface area (Å²) < 4.78 is 37.0. The van der Waals surface area contributed by atoms with E-state index in [0.29, 0.717) is 17.2 Å². The number of hydrogen-bond donors (Lipinski definition) is 0. The third-order valence-electron chi connectivity index (χ3n) is 7.59. The summed E-state index contributed by atoms with van der Waals surface area (Å²) in [5.74, 6) is 1.87. The van der Waals surface area contributed by atoms with Gasteiger partial charge in [0.05, 0.1) is 16.9 Å². The fourth-order valence-electron chi connectivity index (χ4n) is 4.36. The third kappa shape index (κ3) is 5.63. The zero-order chi connectivity index (χ0) is 27.6. The first-order valence-electron chi connectivity index (χ1n) is 12.9. The van der Waals surface area contributed by atoms with Crippen LogP contribution in [0.4, 0.5) is 0 Å². The van der Waals surface area contributed by atoms with Crippen LogP contribution in [-0.2, 0) is 20.7 Å². The Bertz CT molecular complexity index is 1470. The Balaban J connectivity index is 1.47. The van der Waals surface area contributed by atoms with Crippen molar-refractivity contribution in [3.8, 4) is 17.2 Å². The lowest BCUT2D eigenvalue weighted by Crippen LogP contribution is -2.20. The maximum Gasteiger partial charge on any atom is 0.206 e. The van der Waals surface area contributed by atoms with Crippen molar-refractivity contribution in [3.63, 3.8) is 0 Å². The molecule has 0 bridgehead atoms. The van der Waals surface area contributed by atoms with Crippen LogP contribution in [0.25, 0.3) is 0 Å². The summed E-state index contributed by atoms with van der Waals surface area (Å²) in [5.41, 5.74) is 3.81. The minimum atomic E-state index is -3.63. The number of hydrogen-bond acceptors (Lipinski definition) is 4. The van der Waals surface area contributed by atoms with E-state index in [1.165, 1.54) is 16.7 Å². The number of ether oxygens (including phenoxy) is 2. The number of methoxy groups -OCH3 is 1. The molecule has 38 heavy (non-hydrogen) atoms.